The van der Waals surface area contributed by atoms with Crippen LogP contribution in [-0.4, -0.2) is 11.9 Å². The van der Waals surface area contributed by atoms with Crippen molar-refractivity contribution in [2.24, 2.45) is 0 Å². The molecule has 0 spiro atoms. The van der Waals surface area contributed by atoms with Crippen LogP contribution in [0.5, 0.6) is 5.75 Å². The monoisotopic (exact) mass is 302 g/mol. The highest BCUT2D eigenvalue weighted by atomic mass is 79.9. The van der Waals surface area contributed by atoms with Crippen molar-refractivity contribution in [1.82, 2.24) is 0 Å². The van der Waals surface area contributed by atoms with Crippen LogP contribution >= 0.6 is 15.9 Å². The summed E-state index contributed by atoms with van der Waals surface area (Å²) in [4.78, 5) is 0. The van der Waals surface area contributed by atoms with Crippen molar-refractivity contribution >= 4 is 15.9 Å². The molecule has 0 bridgehead atoms. The highest BCUT2D eigenvalue weighted by Crippen LogP contribution is 2.13. The van der Waals surface area contributed by atoms with Gasteiger partial charge < -0.3 is 4.74 Å². The lowest BCUT2D eigenvalue weighted by molar-refractivity contribution is 0.303. The zero-order valence-electron chi connectivity index (χ0n) is 10.1. The molecule has 0 atom stereocenters. The zero-order valence-corrected chi connectivity index (χ0v) is 11.7. The van der Waals surface area contributed by atoms with E-state index in [-0.39, 0.29) is 5.82 Å². The van der Waals surface area contributed by atoms with Crippen LogP contribution in [0.1, 0.15) is 38.5 Å². The third-order valence-corrected chi connectivity index (χ3v) is 3.15. The van der Waals surface area contributed by atoms with Crippen molar-refractivity contribution in [2.45, 2.75) is 38.5 Å². The molecule has 1 aromatic rings. The minimum atomic E-state index is -0.239. The molecular weight excluding hydrogens is 283 g/mol. The Morgan fingerprint density at radius 2 is 1.71 bits per heavy atom. The van der Waals surface area contributed by atoms with Gasteiger partial charge in [-0.05, 0) is 25.0 Å². The van der Waals surface area contributed by atoms with Gasteiger partial charge in [-0.25, -0.2) is 4.39 Å². The molecule has 0 aliphatic heterocycles. The van der Waals surface area contributed by atoms with Crippen LogP contribution in [0.4, 0.5) is 4.39 Å². The van der Waals surface area contributed by atoms with Crippen LogP contribution in [0, 0.1) is 5.82 Å². The molecule has 0 N–H and O–H groups in total. The Morgan fingerprint density at radius 1 is 1.00 bits per heavy atom. The van der Waals surface area contributed by atoms with E-state index < -0.39 is 0 Å². The van der Waals surface area contributed by atoms with E-state index in [1.807, 2.05) is 0 Å². The van der Waals surface area contributed by atoms with Gasteiger partial charge >= 0.3 is 0 Å². The maximum Gasteiger partial charge on any atom is 0.126 e. The number of hydrogen-bond donors (Lipinski definition) is 0. The lowest BCUT2D eigenvalue weighted by Gasteiger charge is -2.05. The summed E-state index contributed by atoms with van der Waals surface area (Å²) in [6, 6.07) is 6.32. The second-order valence-corrected chi connectivity index (χ2v) is 4.91. The Hall–Kier alpha value is -0.570. The predicted octanol–water partition coefficient (Wildman–Crippen LogP) is 4.94. The van der Waals surface area contributed by atoms with Gasteiger partial charge in [0.1, 0.15) is 11.6 Å². The van der Waals surface area contributed by atoms with Crippen LogP contribution in [0.2, 0.25) is 0 Å². The summed E-state index contributed by atoms with van der Waals surface area (Å²) < 4.78 is 18.3. The number of benzene rings is 1. The van der Waals surface area contributed by atoms with Crippen LogP contribution in [0.25, 0.3) is 0 Å². The zero-order chi connectivity index (χ0) is 12.3. The highest BCUT2D eigenvalue weighted by Gasteiger charge is 1.96. The second-order valence-electron chi connectivity index (χ2n) is 4.12. The quantitative estimate of drug-likeness (QED) is 0.464. The standard InChI is InChI=1S/C14H20BrFO/c15-10-5-3-1-2-4-6-11-17-14-9-7-8-13(16)12-14/h7-9,12H,1-6,10-11H2. The number of hydrogen-bond acceptors (Lipinski definition) is 1. The summed E-state index contributed by atoms with van der Waals surface area (Å²) in [5.41, 5.74) is 0. The largest absolute Gasteiger partial charge is 0.493 e. The molecule has 1 aromatic carbocycles. The van der Waals surface area contributed by atoms with E-state index in [1.165, 1.54) is 44.2 Å². The molecule has 1 nitrogen and oxygen atoms in total. The fraction of sp³-hybridized carbons (Fsp3) is 0.571. The normalized spacial score (nSPS) is 10.5. The summed E-state index contributed by atoms with van der Waals surface area (Å²) in [5, 5.41) is 1.11. The predicted molar refractivity (Wildman–Crippen MR) is 73.4 cm³/mol. The van der Waals surface area contributed by atoms with Crippen molar-refractivity contribution in [2.75, 3.05) is 11.9 Å². The van der Waals surface area contributed by atoms with Gasteiger partial charge in [0.2, 0.25) is 0 Å². The van der Waals surface area contributed by atoms with Gasteiger partial charge in [0, 0.05) is 11.4 Å². The van der Waals surface area contributed by atoms with Crippen molar-refractivity contribution in [3.8, 4) is 5.75 Å². The van der Waals surface area contributed by atoms with Crippen molar-refractivity contribution in [3.05, 3.63) is 30.1 Å². The number of unbranched alkanes of at least 4 members (excludes halogenated alkanes) is 5. The van der Waals surface area contributed by atoms with E-state index in [2.05, 4.69) is 15.9 Å². The molecule has 3 heteroatoms. The van der Waals surface area contributed by atoms with E-state index in [1.54, 1.807) is 12.1 Å². The number of alkyl halides is 1. The fourth-order valence-corrected chi connectivity index (χ4v) is 2.05. The van der Waals surface area contributed by atoms with Crippen LogP contribution in [-0.2, 0) is 0 Å². The van der Waals surface area contributed by atoms with Gasteiger partial charge in [-0.1, -0.05) is 47.7 Å². The molecule has 0 amide bonds. The molecule has 96 valence electrons. The van der Waals surface area contributed by atoms with Gasteiger partial charge in [0.25, 0.3) is 0 Å². The summed E-state index contributed by atoms with van der Waals surface area (Å²) in [6.45, 7) is 0.682. The van der Waals surface area contributed by atoms with Gasteiger partial charge in [0.05, 0.1) is 6.61 Å². The SMILES string of the molecule is Fc1cccc(OCCCCCCCCBr)c1. The maximum atomic E-state index is 12.8. The third kappa shape index (κ3) is 7.37. The molecule has 1 rings (SSSR count). The van der Waals surface area contributed by atoms with Gasteiger partial charge in [-0.2, -0.15) is 0 Å². The second kappa shape index (κ2) is 9.46. The molecular formula is C14H20BrFO. The van der Waals surface area contributed by atoms with Crippen LogP contribution < -0.4 is 4.74 Å². The Bertz CT molecular complexity index is 304. The molecule has 0 fully saturated rings. The number of ether oxygens (including phenoxy) is 1. The molecule has 0 saturated heterocycles. The van der Waals surface area contributed by atoms with Crippen molar-refractivity contribution < 1.29 is 9.13 Å². The molecule has 0 aromatic heterocycles. The minimum absolute atomic E-state index is 0.239. The van der Waals surface area contributed by atoms with E-state index in [4.69, 9.17) is 4.74 Å². The molecule has 0 aliphatic carbocycles. The lowest BCUT2D eigenvalue weighted by atomic mass is 10.1. The third-order valence-electron chi connectivity index (χ3n) is 2.59. The molecule has 0 saturated carbocycles. The first-order chi connectivity index (χ1) is 8.33. The highest BCUT2D eigenvalue weighted by molar-refractivity contribution is 9.09. The minimum Gasteiger partial charge on any atom is -0.493 e. The molecule has 0 aliphatic rings. The number of halogens is 2. The Kier molecular flexibility index (Phi) is 8.06. The first kappa shape index (κ1) is 14.5. The van der Waals surface area contributed by atoms with Crippen molar-refractivity contribution in [1.29, 1.82) is 0 Å². The Morgan fingerprint density at radius 3 is 2.41 bits per heavy atom. The molecule has 0 radical (unpaired) electrons. The molecule has 17 heavy (non-hydrogen) atoms. The summed E-state index contributed by atoms with van der Waals surface area (Å²) >= 11 is 3.42. The Labute approximate surface area is 111 Å². The fourth-order valence-electron chi connectivity index (χ4n) is 1.65. The Balaban J connectivity index is 1.97. The molecule has 0 unspecified atom stereocenters. The van der Waals surface area contributed by atoms with Gasteiger partial charge in [-0.15, -0.1) is 0 Å². The number of rotatable bonds is 9. The van der Waals surface area contributed by atoms with Gasteiger partial charge in [0.15, 0.2) is 0 Å². The van der Waals surface area contributed by atoms with Crippen LogP contribution in [0.3, 0.4) is 0 Å². The van der Waals surface area contributed by atoms with Crippen molar-refractivity contribution in [3.63, 3.8) is 0 Å². The van der Waals surface area contributed by atoms with Gasteiger partial charge in [-0.3, -0.25) is 0 Å². The summed E-state index contributed by atoms with van der Waals surface area (Å²) in [7, 11) is 0. The lowest BCUT2D eigenvalue weighted by Crippen LogP contribution is -1.97. The average Bonchev–Trinajstić information content (AvgIpc) is 2.33. The first-order valence-corrected chi connectivity index (χ1v) is 7.39. The average molecular weight is 303 g/mol. The van der Waals surface area contributed by atoms with E-state index in [0.717, 1.165) is 11.8 Å². The summed E-state index contributed by atoms with van der Waals surface area (Å²) in [5.74, 6) is 0.390. The topological polar surface area (TPSA) is 9.23 Å². The summed E-state index contributed by atoms with van der Waals surface area (Å²) in [6.07, 6.45) is 7.36. The smallest absolute Gasteiger partial charge is 0.126 e. The van der Waals surface area contributed by atoms with E-state index in [9.17, 15) is 4.39 Å². The van der Waals surface area contributed by atoms with E-state index in [0.29, 0.717) is 12.4 Å². The van der Waals surface area contributed by atoms with Crippen LogP contribution in [0.15, 0.2) is 24.3 Å². The maximum absolute atomic E-state index is 12.8. The first-order valence-electron chi connectivity index (χ1n) is 6.27. The van der Waals surface area contributed by atoms with E-state index >= 15 is 0 Å². The molecule has 0 heterocycles.